The highest BCUT2D eigenvalue weighted by molar-refractivity contribution is 7.47. The summed E-state index contributed by atoms with van der Waals surface area (Å²) in [4.78, 5) is 34.0. The van der Waals surface area contributed by atoms with Crippen molar-refractivity contribution < 1.29 is 37.9 Å². The molecule has 0 aliphatic carbocycles. The van der Waals surface area contributed by atoms with E-state index in [1.165, 1.54) is 116 Å². The molecular formula is C53H92NO8P. The van der Waals surface area contributed by atoms with Gasteiger partial charge >= 0.3 is 13.8 Å². The van der Waals surface area contributed by atoms with Crippen molar-refractivity contribution in [1.29, 1.82) is 0 Å². The van der Waals surface area contributed by atoms with Crippen molar-refractivity contribution in [2.45, 2.75) is 213 Å². The highest BCUT2D eigenvalue weighted by Gasteiger charge is 2.23. The van der Waals surface area contributed by atoms with Gasteiger partial charge in [-0.3, -0.25) is 18.6 Å². The Morgan fingerprint density at radius 1 is 0.508 bits per heavy atom. The van der Waals surface area contributed by atoms with Crippen molar-refractivity contribution in [2.24, 2.45) is 0 Å². The number of aliphatic hydroxyl groups excluding tert-OH is 1. The molecule has 0 aromatic rings. The van der Waals surface area contributed by atoms with Crippen molar-refractivity contribution in [3.05, 3.63) is 85.1 Å². The Bertz CT molecular complexity index is 1300. The second-order valence-electron chi connectivity index (χ2n) is 16.4. The van der Waals surface area contributed by atoms with Crippen LogP contribution < -0.4 is 5.32 Å². The lowest BCUT2D eigenvalue weighted by Crippen LogP contribution is -2.27. The number of phosphoric acid groups is 1. The van der Waals surface area contributed by atoms with Gasteiger partial charge in [0.15, 0.2) is 0 Å². The van der Waals surface area contributed by atoms with E-state index < -0.39 is 26.5 Å². The fraction of sp³-hybridized carbons (Fsp3) is 0.698. The molecule has 0 aromatic carbocycles. The molecule has 63 heavy (non-hydrogen) atoms. The van der Waals surface area contributed by atoms with Gasteiger partial charge in [-0.2, -0.15) is 0 Å². The zero-order valence-corrected chi connectivity index (χ0v) is 40.9. The molecule has 0 aromatic heterocycles. The molecule has 9 nitrogen and oxygen atoms in total. The van der Waals surface area contributed by atoms with Gasteiger partial charge in [-0.15, -0.1) is 0 Å². The molecule has 0 bridgehead atoms. The maximum absolute atomic E-state index is 12.1. The molecule has 0 rings (SSSR count). The van der Waals surface area contributed by atoms with Crippen molar-refractivity contribution in [1.82, 2.24) is 5.32 Å². The second kappa shape index (κ2) is 48.6. The van der Waals surface area contributed by atoms with Gasteiger partial charge in [-0.1, -0.05) is 202 Å². The number of esters is 1. The number of amides is 1. The Kier molecular flexibility index (Phi) is 46.5. The third kappa shape index (κ3) is 50.1. The second-order valence-corrected chi connectivity index (χ2v) is 17.9. The molecule has 0 saturated heterocycles. The minimum atomic E-state index is -4.45. The van der Waals surface area contributed by atoms with E-state index in [1.54, 1.807) is 0 Å². The molecule has 362 valence electrons. The van der Waals surface area contributed by atoms with Gasteiger partial charge < -0.3 is 20.1 Å². The Morgan fingerprint density at radius 3 is 1.40 bits per heavy atom. The number of rotatable bonds is 46. The number of hydrogen-bond acceptors (Lipinski definition) is 7. The van der Waals surface area contributed by atoms with Crippen molar-refractivity contribution in [2.75, 3.05) is 26.4 Å². The van der Waals surface area contributed by atoms with Crippen molar-refractivity contribution in [3.8, 4) is 0 Å². The van der Waals surface area contributed by atoms with Gasteiger partial charge in [0, 0.05) is 19.4 Å². The number of phosphoric ester groups is 1. The molecule has 0 aliphatic rings. The summed E-state index contributed by atoms with van der Waals surface area (Å²) in [5, 5.41) is 12.7. The predicted octanol–water partition coefficient (Wildman–Crippen LogP) is 14.8. The molecule has 0 saturated carbocycles. The summed E-state index contributed by atoms with van der Waals surface area (Å²) in [5.74, 6) is -0.604. The van der Waals surface area contributed by atoms with E-state index in [-0.39, 0.29) is 32.1 Å². The first kappa shape index (κ1) is 60.2. The van der Waals surface area contributed by atoms with E-state index in [0.717, 1.165) is 57.8 Å². The molecule has 0 spiro atoms. The average molecular weight is 902 g/mol. The predicted molar refractivity (Wildman–Crippen MR) is 266 cm³/mol. The standard InChI is InChI=1S/C53H92NO8P/c1-3-5-7-9-11-13-15-17-19-21-23-24-25-26-28-30-32-34-36-38-40-42-44-46-53(57)60-49-51(55)50-62-63(58,59)61-48-47-54-52(56)45-43-41-39-37-35-33-31-29-27-22-20-18-16-14-12-10-8-6-4-2/h6,8,12,14,17-20,27,29,33,35,39,41,51,55H,3-5,7,9-11,13,15-16,21-26,28,30-32,34,36-38,40,42-50H2,1-2H3,(H,54,56)(H,58,59)/b8-6-,14-12-,19-17+,20-18-,29-27-,35-33-,41-39-. The van der Waals surface area contributed by atoms with Gasteiger partial charge in [0.25, 0.3) is 0 Å². The highest BCUT2D eigenvalue weighted by atomic mass is 31.2. The summed E-state index contributed by atoms with van der Waals surface area (Å²) in [5.41, 5.74) is 0. The van der Waals surface area contributed by atoms with Crippen LogP contribution in [0.4, 0.5) is 0 Å². The van der Waals surface area contributed by atoms with Crippen LogP contribution in [0, 0.1) is 0 Å². The zero-order valence-electron chi connectivity index (χ0n) is 40.0. The Labute approximate surface area is 385 Å². The van der Waals surface area contributed by atoms with E-state index in [4.69, 9.17) is 13.8 Å². The van der Waals surface area contributed by atoms with Crippen LogP contribution in [0.1, 0.15) is 206 Å². The Morgan fingerprint density at radius 2 is 0.921 bits per heavy atom. The lowest BCUT2D eigenvalue weighted by molar-refractivity contribution is -0.147. The minimum Gasteiger partial charge on any atom is -0.463 e. The normalized spacial score (nSPS) is 13.9. The summed E-state index contributed by atoms with van der Waals surface area (Å²) in [6.07, 6.45) is 62.5. The fourth-order valence-corrected chi connectivity index (χ4v) is 7.33. The number of allylic oxidation sites excluding steroid dienone is 14. The number of aliphatic hydroxyl groups is 1. The Hall–Kier alpha value is -2.81. The van der Waals surface area contributed by atoms with E-state index in [0.29, 0.717) is 12.8 Å². The zero-order chi connectivity index (χ0) is 46.0. The monoisotopic (exact) mass is 902 g/mol. The fourth-order valence-electron chi connectivity index (χ4n) is 6.58. The first-order valence-electron chi connectivity index (χ1n) is 25.1. The smallest absolute Gasteiger partial charge is 0.463 e. The van der Waals surface area contributed by atoms with Crippen molar-refractivity contribution >= 4 is 19.7 Å². The molecular weight excluding hydrogens is 810 g/mol. The Balaban J connectivity index is 3.64. The number of nitrogens with one attached hydrogen (secondary N) is 1. The molecule has 0 aliphatic heterocycles. The van der Waals surface area contributed by atoms with Crippen LogP contribution in [0.3, 0.4) is 0 Å². The largest absolute Gasteiger partial charge is 0.472 e. The van der Waals surface area contributed by atoms with Gasteiger partial charge in [0.1, 0.15) is 12.7 Å². The van der Waals surface area contributed by atoms with E-state index in [9.17, 15) is 24.2 Å². The van der Waals surface area contributed by atoms with Crippen LogP contribution in [-0.4, -0.2) is 54.3 Å². The SMILES string of the molecule is CC/C=C\C/C=C\C/C=C\C/C=C\C/C=C\C/C=C\CCC(=O)NCCOP(=O)(O)OCC(O)COC(=O)CCCCCCCCCCCCCCC/C=C/CCCCCCCC. The van der Waals surface area contributed by atoms with Gasteiger partial charge in [-0.05, 0) is 77.0 Å². The van der Waals surface area contributed by atoms with E-state index in [1.807, 2.05) is 12.2 Å². The molecule has 1 amide bonds. The van der Waals surface area contributed by atoms with Crippen LogP contribution in [0.15, 0.2) is 85.1 Å². The third-order valence-corrected chi connectivity index (χ3v) is 11.3. The molecule has 3 N–H and O–H groups in total. The number of carbonyl (C=O) groups is 2. The highest BCUT2D eigenvalue weighted by Crippen LogP contribution is 2.42. The number of ether oxygens (including phenoxy) is 1. The number of carbonyl (C=O) groups excluding carboxylic acids is 2. The van der Waals surface area contributed by atoms with E-state index in [2.05, 4.69) is 92.1 Å². The molecule has 10 heteroatoms. The van der Waals surface area contributed by atoms with Gasteiger partial charge in [-0.25, -0.2) is 4.57 Å². The van der Waals surface area contributed by atoms with Crippen molar-refractivity contribution in [3.63, 3.8) is 0 Å². The first-order chi connectivity index (χ1) is 30.8. The summed E-state index contributed by atoms with van der Waals surface area (Å²) in [6, 6.07) is 0. The van der Waals surface area contributed by atoms with Crippen LogP contribution in [-0.2, 0) is 27.9 Å². The number of unbranched alkanes of at least 4 members (excludes halogenated alkanes) is 19. The topological polar surface area (TPSA) is 131 Å². The summed E-state index contributed by atoms with van der Waals surface area (Å²) < 4.78 is 26.9. The maximum atomic E-state index is 12.1. The van der Waals surface area contributed by atoms with Gasteiger partial charge in [0.2, 0.25) is 5.91 Å². The lowest BCUT2D eigenvalue weighted by atomic mass is 10.0. The summed E-state index contributed by atoms with van der Waals surface area (Å²) >= 11 is 0. The first-order valence-corrected chi connectivity index (χ1v) is 26.6. The summed E-state index contributed by atoms with van der Waals surface area (Å²) in [6.45, 7) is 3.35. The molecule has 2 unspecified atom stereocenters. The molecule has 0 heterocycles. The lowest BCUT2D eigenvalue weighted by Gasteiger charge is -2.15. The van der Waals surface area contributed by atoms with Gasteiger partial charge in [0.05, 0.1) is 13.2 Å². The molecule has 0 radical (unpaired) electrons. The average Bonchev–Trinajstić information content (AvgIpc) is 3.27. The van der Waals surface area contributed by atoms with Crippen LogP contribution in [0.5, 0.6) is 0 Å². The van der Waals surface area contributed by atoms with Crippen LogP contribution in [0.2, 0.25) is 0 Å². The minimum absolute atomic E-state index is 0.0365. The quantitative estimate of drug-likeness (QED) is 0.0238. The van der Waals surface area contributed by atoms with Crippen LogP contribution >= 0.6 is 7.82 Å². The van der Waals surface area contributed by atoms with Crippen LogP contribution in [0.25, 0.3) is 0 Å². The summed E-state index contributed by atoms with van der Waals surface area (Å²) in [7, 11) is -4.45. The van der Waals surface area contributed by atoms with E-state index >= 15 is 0 Å². The maximum Gasteiger partial charge on any atom is 0.472 e. The third-order valence-electron chi connectivity index (χ3n) is 10.3. The molecule has 2 atom stereocenters. The molecule has 0 fully saturated rings. The number of hydrogen-bond donors (Lipinski definition) is 3.